The fourth-order valence-corrected chi connectivity index (χ4v) is 0.986. The van der Waals surface area contributed by atoms with Crippen molar-refractivity contribution in [2.24, 2.45) is 5.73 Å². The molecule has 0 aliphatic rings. The zero-order valence-corrected chi connectivity index (χ0v) is 6.99. The third-order valence-corrected chi connectivity index (χ3v) is 1.78. The van der Waals surface area contributed by atoms with Gasteiger partial charge >= 0.3 is 0 Å². The van der Waals surface area contributed by atoms with E-state index in [0.717, 1.165) is 0 Å². The minimum Gasteiger partial charge on any atom is -0.394 e. The summed E-state index contributed by atoms with van der Waals surface area (Å²) in [5, 5.41) is 8.96. The average Bonchev–Trinajstić information content (AvgIpc) is 2.05. The van der Waals surface area contributed by atoms with Crippen molar-refractivity contribution in [3.63, 3.8) is 0 Å². The van der Waals surface area contributed by atoms with Gasteiger partial charge in [0.05, 0.1) is 12.1 Å². The molecule has 5 N–H and O–H groups in total. The van der Waals surface area contributed by atoms with Crippen LogP contribution in [0.15, 0.2) is 18.3 Å². The van der Waals surface area contributed by atoms with Crippen molar-refractivity contribution < 1.29 is 5.11 Å². The molecule has 66 valence electrons. The summed E-state index contributed by atoms with van der Waals surface area (Å²) in [6.07, 6.45) is 1.59. The fourth-order valence-electron chi connectivity index (χ4n) is 0.986. The molecule has 0 unspecified atom stereocenters. The predicted octanol–water partition coefficient (Wildman–Crippen LogP) is -0.170. The number of nitrogens with two attached hydrogens (primary N) is 2. The Hall–Kier alpha value is -1.13. The van der Waals surface area contributed by atoms with Crippen LogP contribution in [-0.2, 0) is 5.54 Å². The molecule has 0 amide bonds. The van der Waals surface area contributed by atoms with Gasteiger partial charge < -0.3 is 16.6 Å². The molecule has 0 aliphatic heterocycles. The number of nitrogens with zero attached hydrogens (tertiary/aromatic N) is 1. The zero-order valence-electron chi connectivity index (χ0n) is 6.99. The molecular weight excluding hydrogens is 154 g/mol. The highest BCUT2D eigenvalue weighted by molar-refractivity contribution is 5.43. The Morgan fingerprint density at radius 2 is 2.33 bits per heavy atom. The maximum Gasteiger partial charge on any atom is 0.128 e. The molecule has 4 nitrogen and oxygen atoms in total. The molecule has 0 saturated heterocycles. The van der Waals surface area contributed by atoms with Crippen molar-refractivity contribution in [3.05, 3.63) is 23.9 Å². The summed E-state index contributed by atoms with van der Waals surface area (Å²) in [5.74, 6) is 0.372. The molecule has 0 aliphatic carbocycles. The molecule has 12 heavy (non-hydrogen) atoms. The second-order valence-corrected chi connectivity index (χ2v) is 3.01. The highest BCUT2D eigenvalue weighted by Crippen LogP contribution is 2.20. The van der Waals surface area contributed by atoms with Gasteiger partial charge in [0, 0.05) is 11.8 Å². The van der Waals surface area contributed by atoms with Crippen molar-refractivity contribution in [1.82, 2.24) is 4.98 Å². The van der Waals surface area contributed by atoms with Gasteiger partial charge in [-0.25, -0.2) is 4.98 Å². The van der Waals surface area contributed by atoms with Gasteiger partial charge in [0.15, 0.2) is 0 Å². The lowest BCUT2D eigenvalue weighted by molar-refractivity contribution is 0.210. The number of rotatable bonds is 2. The monoisotopic (exact) mass is 167 g/mol. The minimum atomic E-state index is -0.807. The summed E-state index contributed by atoms with van der Waals surface area (Å²) in [6, 6.07) is 3.50. The van der Waals surface area contributed by atoms with Crippen LogP contribution in [-0.4, -0.2) is 16.7 Å². The summed E-state index contributed by atoms with van der Waals surface area (Å²) < 4.78 is 0. The summed E-state index contributed by atoms with van der Waals surface area (Å²) in [6.45, 7) is 1.56. The van der Waals surface area contributed by atoms with Crippen LogP contribution >= 0.6 is 0 Å². The van der Waals surface area contributed by atoms with E-state index in [-0.39, 0.29) is 6.61 Å². The molecule has 1 aromatic rings. The van der Waals surface area contributed by atoms with Crippen molar-refractivity contribution in [2.75, 3.05) is 12.3 Å². The number of aromatic nitrogens is 1. The predicted molar refractivity (Wildman–Crippen MR) is 47.3 cm³/mol. The summed E-state index contributed by atoms with van der Waals surface area (Å²) in [5.41, 5.74) is 11.2. The Morgan fingerprint density at radius 3 is 2.83 bits per heavy atom. The lowest BCUT2D eigenvalue weighted by Crippen LogP contribution is -2.37. The van der Waals surface area contributed by atoms with Crippen LogP contribution in [0.4, 0.5) is 5.82 Å². The maximum atomic E-state index is 8.96. The third kappa shape index (κ3) is 1.54. The normalized spacial score (nSPS) is 15.6. The molecule has 1 atom stereocenters. The van der Waals surface area contributed by atoms with E-state index in [4.69, 9.17) is 16.6 Å². The van der Waals surface area contributed by atoms with Crippen LogP contribution in [0.3, 0.4) is 0 Å². The second-order valence-electron chi connectivity index (χ2n) is 3.01. The quantitative estimate of drug-likeness (QED) is 0.571. The first-order valence-electron chi connectivity index (χ1n) is 3.68. The number of aliphatic hydroxyl groups excluding tert-OH is 1. The van der Waals surface area contributed by atoms with Crippen LogP contribution in [0.25, 0.3) is 0 Å². The first-order chi connectivity index (χ1) is 5.58. The van der Waals surface area contributed by atoms with Gasteiger partial charge in [-0.2, -0.15) is 0 Å². The van der Waals surface area contributed by atoms with Gasteiger partial charge in [0.1, 0.15) is 5.82 Å². The van der Waals surface area contributed by atoms with Crippen LogP contribution in [0.5, 0.6) is 0 Å². The van der Waals surface area contributed by atoms with Crippen LogP contribution in [0, 0.1) is 0 Å². The van der Waals surface area contributed by atoms with Gasteiger partial charge in [-0.15, -0.1) is 0 Å². The Kier molecular flexibility index (Phi) is 2.30. The highest BCUT2D eigenvalue weighted by Gasteiger charge is 2.22. The third-order valence-electron chi connectivity index (χ3n) is 1.78. The fraction of sp³-hybridized carbons (Fsp3) is 0.375. The molecule has 0 fully saturated rings. The second kappa shape index (κ2) is 3.08. The van der Waals surface area contributed by atoms with Gasteiger partial charge in [0.2, 0.25) is 0 Å². The molecule has 1 aromatic heterocycles. The van der Waals surface area contributed by atoms with E-state index in [1.165, 1.54) is 0 Å². The molecule has 0 bridgehead atoms. The van der Waals surface area contributed by atoms with Gasteiger partial charge in [-0.1, -0.05) is 6.07 Å². The number of aliphatic hydroxyl groups is 1. The van der Waals surface area contributed by atoms with Gasteiger partial charge in [0.25, 0.3) is 0 Å². The number of nitrogen functional groups attached to an aromatic ring is 1. The van der Waals surface area contributed by atoms with Crippen molar-refractivity contribution in [1.29, 1.82) is 0 Å². The highest BCUT2D eigenvalue weighted by atomic mass is 16.3. The molecule has 0 saturated carbocycles. The molecule has 1 rings (SSSR count). The summed E-state index contributed by atoms with van der Waals surface area (Å²) in [4.78, 5) is 3.88. The van der Waals surface area contributed by atoms with Crippen molar-refractivity contribution >= 4 is 5.82 Å². The van der Waals surface area contributed by atoms with Gasteiger partial charge in [-0.3, -0.25) is 0 Å². The first kappa shape index (κ1) is 8.96. The summed E-state index contributed by atoms with van der Waals surface area (Å²) >= 11 is 0. The topological polar surface area (TPSA) is 85.2 Å². The van der Waals surface area contributed by atoms with Crippen LogP contribution in [0.1, 0.15) is 12.5 Å². The standard InChI is InChI=1S/C8H13N3O/c1-8(10,5-12)6-3-2-4-11-7(6)9/h2-4,12H,5,10H2,1H3,(H2,9,11)/t8-/m1/s1. The zero-order chi connectivity index (χ0) is 9.19. The molecule has 0 radical (unpaired) electrons. The number of hydrogen-bond acceptors (Lipinski definition) is 4. The first-order valence-corrected chi connectivity index (χ1v) is 3.68. The Balaban J connectivity index is 3.10. The van der Waals surface area contributed by atoms with E-state index in [1.807, 2.05) is 0 Å². The van der Waals surface area contributed by atoms with Crippen molar-refractivity contribution in [2.45, 2.75) is 12.5 Å². The van der Waals surface area contributed by atoms with Crippen LogP contribution < -0.4 is 11.5 Å². The molecule has 0 aromatic carbocycles. The smallest absolute Gasteiger partial charge is 0.128 e. The minimum absolute atomic E-state index is 0.150. The SMILES string of the molecule is C[C@@](N)(CO)c1cccnc1N. The molecule has 0 spiro atoms. The van der Waals surface area contributed by atoms with E-state index in [2.05, 4.69) is 4.98 Å². The van der Waals surface area contributed by atoms with Crippen LogP contribution in [0.2, 0.25) is 0 Å². The van der Waals surface area contributed by atoms with E-state index in [9.17, 15) is 0 Å². The largest absolute Gasteiger partial charge is 0.394 e. The Labute approximate surface area is 71.2 Å². The molecular formula is C8H13N3O. The van der Waals surface area contributed by atoms with E-state index < -0.39 is 5.54 Å². The Bertz CT molecular complexity index is 273. The van der Waals surface area contributed by atoms with Gasteiger partial charge in [-0.05, 0) is 13.0 Å². The van der Waals surface area contributed by atoms with E-state index >= 15 is 0 Å². The molecule has 4 heteroatoms. The average molecular weight is 167 g/mol. The lowest BCUT2D eigenvalue weighted by atomic mass is 9.95. The molecule has 1 heterocycles. The number of anilines is 1. The lowest BCUT2D eigenvalue weighted by Gasteiger charge is -2.22. The summed E-state index contributed by atoms with van der Waals surface area (Å²) in [7, 11) is 0. The number of hydrogen-bond donors (Lipinski definition) is 3. The van der Waals surface area contributed by atoms with Crippen molar-refractivity contribution in [3.8, 4) is 0 Å². The maximum absolute atomic E-state index is 8.96. The number of pyridine rings is 1. The Morgan fingerprint density at radius 1 is 1.67 bits per heavy atom. The van der Waals surface area contributed by atoms with E-state index in [1.54, 1.807) is 25.3 Å². The van der Waals surface area contributed by atoms with E-state index in [0.29, 0.717) is 11.4 Å².